The summed E-state index contributed by atoms with van der Waals surface area (Å²) in [6.45, 7) is 3.64. The van der Waals surface area contributed by atoms with Crippen molar-refractivity contribution in [3.05, 3.63) is 81.8 Å². The average Bonchev–Trinajstić information content (AvgIpc) is 2.71. The molecule has 1 amide bonds. The number of ether oxygens (including phenoxy) is 1. The fourth-order valence-electron chi connectivity index (χ4n) is 2.80. The number of amides is 1. The molecule has 156 valence electrons. The number of halogens is 1. The predicted octanol–water partition coefficient (Wildman–Crippen LogP) is 5.13. The Labute approximate surface area is 184 Å². The number of sulfonamides is 1. The Morgan fingerprint density at radius 2 is 1.60 bits per heavy atom. The van der Waals surface area contributed by atoms with E-state index in [0.29, 0.717) is 22.7 Å². The molecule has 0 fully saturated rings. The van der Waals surface area contributed by atoms with Gasteiger partial charge in [-0.2, -0.15) is 0 Å². The lowest BCUT2D eigenvalue weighted by Crippen LogP contribution is -2.17. The highest BCUT2D eigenvalue weighted by atomic mass is 79.9. The van der Waals surface area contributed by atoms with Crippen molar-refractivity contribution in [2.24, 2.45) is 0 Å². The van der Waals surface area contributed by atoms with Crippen molar-refractivity contribution in [3.63, 3.8) is 0 Å². The molecule has 0 atom stereocenters. The fourth-order valence-corrected chi connectivity index (χ4v) is 4.25. The molecule has 0 aliphatic heterocycles. The summed E-state index contributed by atoms with van der Waals surface area (Å²) in [4.78, 5) is 12.9. The molecule has 6 nitrogen and oxygen atoms in total. The summed E-state index contributed by atoms with van der Waals surface area (Å²) in [5.74, 6) is 0.241. The smallest absolute Gasteiger partial charge is 0.261 e. The van der Waals surface area contributed by atoms with Gasteiger partial charge >= 0.3 is 0 Å². The number of aryl methyl sites for hydroxylation is 2. The van der Waals surface area contributed by atoms with Gasteiger partial charge in [0.2, 0.25) is 0 Å². The third kappa shape index (κ3) is 5.01. The summed E-state index contributed by atoms with van der Waals surface area (Å²) in [7, 11) is -2.34. The van der Waals surface area contributed by atoms with Crippen LogP contribution in [-0.2, 0) is 10.0 Å². The molecule has 3 rings (SSSR count). The second kappa shape index (κ2) is 8.89. The highest BCUT2D eigenvalue weighted by molar-refractivity contribution is 9.10. The molecule has 8 heteroatoms. The van der Waals surface area contributed by atoms with Crippen LogP contribution in [0.15, 0.2) is 70.0 Å². The SMILES string of the molecule is COc1ccc(NS(=O)(=O)c2ccc(C)c(C(=O)Nc3cc(Br)ccc3C)c2)cc1. The van der Waals surface area contributed by atoms with Gasteiger partial charge in [0.05, 0.1) is 12.0 Å². The zero-order valence-electron chi connectivity index (χ0n) is 16.7. The Morgan fingerprint density at radius 1 is 0.933 bits per heavy atom. The molecule has 30 heavy (non-hydrogen) atoms. The highest BCUT2D eigenvalue weighted by Crippen LogP contribution is 2.24. The minimum Gasteiger partial charge on any atom is -0.497 e. The van der Waals surface area contributed by atoms with Gasteiger partial charge in [0.1, 0.15) is 5.75 Å². The summed E-state index contributed by atoms with van der Waals surface area (Å²) in [6, 6.07) is 16.6. The summed E-state index contributed by atoms with van der Waals surface area (Å²) < 4.78 is 34.1. The Kier molecular flexibility index (Phi) is 6.48. The Morgan fingerprint density at radius 3 is 2.27 bits per heavy atom. The van der Waals surface area contributed by atoms with E-state index in [0.717, 1.165) is 10.0 Å². The van der Waals surface area contributed by atoms with Crippen LogP contribution in [0.4, 0.5) is 11.4 Å². The van der Waals surface area contributed by atoms with E-state index in [-0.39, 0.29) is 16.4 Å². The van der Waals surface area contributed by atoms with E-state index in [2.05, 4.69) is 26.0 Å². The molecule has 0 aliphatic rings. The lowest BCUT2D eigenvalue weighted by Gasteiger charge is -2.13. The third-order valence-corrected chi connectivity index (χ3v) is 6.43. The number of nitrogens with one attached hydrogen (secondary N) is 2. The molecule has 0 spiro atoms. The molecule has 0 radical (unpaired) electrons. The Balaban J connectivity index is 1.87. The standard InChI is InChI=1S/C22H21BrN2O4S/c1-14-5-11-19(30(27,28)25-17-7-9-18(29-3)10-8-17)13-20(14)22(26)24-21-12-16(23)6-4-15(21)2/h4-13,25H,1-3H3,(H,24,26). The molecule has 0 aromatic heterocycles. The normalized spacial score (nSPS) is 11.1. The van der Waals surface area contributed by atoms with Crippen LogP contribution < -0.4 is 14.8 Å². The van der Waals surface area contributed by atoms with Crippen molar-refractivity contribution < 1.29 is 17.9 Å². The van der Waals surface area contributed by atoms with Gasteiger partial charge in [0, 0.05) is 21.4 Å². The number of benzene rings is 3. The molecule has 0 heterocycles. The van der Waals surface area contributed by atoms with Crippen LogP contribution in [0.25, 0.3) is 0 Å². The number of carbonyl (C=O) groups is 1. The second-order valence-corrected chi connectivity index (χ2v) is 9.32. The topological polar surface area (TPSA) is 84.5 Å². The van der Waals surface area contributed by atoms with Crippen molar-refractivity contribution >= 4 is 43.2 Å². The molecule has 2 N–H and O–H groups in total. The van der Waals surface area contributed by atoms with Crippen LogP contribution in [-0.4, -0.2) is 21.4 Å². The van der Waals surface area contributed by atoms with Gasteiger partial charge in [-0.15, -0.1) is 0 Å². The van der Waals surface area contributed by atoms with E-state index in [1.165, 1.54) is 19.2 Å². The predicted molar refractivity (Wildman–Crippen MR) is 122 cm³/mol. The minimum atomic E-state index is -3.87. The van der Waals surface area contributed by atoms with Gasteiger partial charge in [0.25, 0.3) is 15.9 Å². The maximum atomic E-state index is 12.9. The van der Waals surface area contributed by atoms with Crippen LogP contribution in [0.2, 0.25) is 0 Å². The molecule has 0 unspecified atom stereocenters. The van der Waals surface area contributed by atoms with Crippen LogP contribution in [0.5, 0.6) is 5.75 Å². The fraction of sp³-hybridized carbons (Fsp3) is 0.136. The molecule has 0 saturated carbocycles. The van der Waals surface area contributed by atoms with E-state index in [9.17, 15) is 13.2 Å². The van der Waals surface area contributed by atoms with Crippen molar-refractivity contribution in [1.82, 2.24) is 0 Å². The zero-order valence-corrected chi connectivity index (χ0v) is 19.1. The summed E-state index contributed by atoms with van der Waals surface area (Å²) in [5, 5.41) is 2.85. The van der Waals surface area contributed by atoms with Crippen molar-refractivity contribution in [3.8, 4) is 5.75 Å². The maximum absolute atomic E-state index is 12.9. The van der Waals surface area contributed by atoms with Gasteiger partial charge in [0.15, 0.2) is 0 Å². The van der Waals surface area contributed by atoms with Crippen molar-refractivity contribution in [2.75, 3.05) is 17.1 Å². The number of carbonyl (C=O) groups excluding carboxylic acids is 1. The van der Waals surface area contributed by atoms with Gasteiger partial charge in [-0.1, -0.05) is 28.1 Å². The van der Waals surface area contributed by atoms with E-state index < -0.39 is 10.0 Å². The van der Waals surface area contributed by atoms with Crippen LogP contribution in [0.1, 0.15) is 21.5 Å². The number of rotatable bonds is 6. The Bertz CT molecular complexity index is 1190. The first-order valence-electron chi connectivity index (χ1n) is 9.04. The highest BCUT2D eigenvalue weighted by Gasteiger charge is 2.19. The molecule has 3 aromatic rings. The first-order valence-corrected chi connectivity index (χ1v) is 11.3. The van der Waals surface area contributed by atoms with Crippen molar-refractivity contribution in [1.29, 1.82) is 0 Å². The zero-order chi connectivity index (χ0) is 21.9. The molecule has 3 aromatic carbocycles. The van der Waals surface area contributed by atoms with Crippen LogP contribution >= 0.6 is 15.9 Å². The largest absolute Gasteiger partial charge is 0.497 e. The first-order chi connectivity index (χ1) is 14.2. The van der Waals surface area contributed by atoms with E-state index in [1.807, 2.05) is 19.1 Å². The van der Waals surface area contributed by atoms with Gasteiger partial charge in [-0.25, -0.2) is 8.42 Å². The van der Waals surface area contributed by atoms with Gasteiger partial charge in [-0.05, 0) is 73.5 Å². The molecule has 0 saturated heterocycles. The molecular formula is C22H21BrN2O4S. The number of hydrogen-bond acceptors (Lipinski definition) is 4. The van der Waals surface area contributed by atoms with Gasteiger partial charge in [-0.3, -0.25) is 9.52 Å². The lowest BCUT2D eigenvalue weighted by atomic mass is 10.1. The molecule has 0 aliphatic carbocycles. The first kappa shape index (κ1) is 21.9. The summed E-state index contributed by atoms with van der Waals surface area (Å²) in [6.07, 6.45) is 0. The van der Waals surface area contributed by atoms with Crippen LogP contribution in [0, 0.1) is 13.8 Å². The Hall–Kier alpha value is -2.84. The van der Waals surface area contributed by atoms with Crippen LogP contribution in [0.3, 0.4) is 0 Å². The number of anilines is 2. The summed E-state index contributed by atoms with van der Waals surface area (Å²) in [5.41, 5.74) is 2.90. The minimum absolute atomic E-state index is 0.0000298. The molecule has 0 bridgehead atoms. The summed E-state index contributed by atoms with van der Waals surface area (Å²) >= 11 is 3.39. The van der Waals surface area contributed by atoms with Crippen molar-refractivity contribution in [2.45, 2.75) is 18.7 Å². The number of hydrogen-bond donors (Lipinski definition) is 2. The van der Waals surface area contributed by atoms with Gasteiger partial charge < -0.3 is 10.1 Å². The molecular weight excluding hydrogens is 468 g/mol. The lowest BCUT2D eigenvalue weighted by molar-refractivity contribution is 0.102. The second-order valence-electron chi connectivity index (χ2n) is 6.72. The monoisotopic (exact) mass is 488 g/mol. The maximum Gasteiger partial charge on any atom is 0.261 e. The third-order valence-electron chi connectivity index (χ3n) is 4.55. The van der Waals surface area contributed by atoms with E-state index in [1.54, 1.807) is 43.3 Å². The van der Waals surface area contributed by atoms with E-state index >= 15 is 0 Å². The average molecular weight is 489 g/mol. The quantitative estimate of drug-likeness (QED) is 0.503. The van der Waals surface area contributed by atoms with E-state index in [4.69, 9.17) is 4.74 Å². The number of methoxy groups -OCH3 is 1.